The van der Waals surface area contributed by atoms with Crippen molar-refractivity contribution >= 4 is 23.3 Å². The van der Waals surface area contributed by atoms with Crippen molar-refractivity contribution in [3.05, 3.63) is 22.8 Å². The SMILES string of the molecule is CN1C2CCC1CN(C(=O)c1cc(N)ncc1Cl)CC2. The molecule has 2 bridgehead atoms. The van der Waals surface area contributed by atoms with Gasteiger partial charge >= 0.3 is 0 Å². The van der Waals surface area contributed by atoms with E-state index in [0.29, 0.717) is 28.5 Å². The van der Waals surface area contributed by atoms with Crippen LogP contribution in [0.5, 0.6) is 0 Å². The van der Waals surface area contributed by atoms with Gasteiger partial charge in [0.25, 0.3) is 5.91 Å². The van der Waals surface area contributed by atoms with Gasteiger partial charge in [0, 0.05) is 31.4 Å². The lowest BCUT2D eigenvalue weighted by Gasteiger charge is -2.26. The van der Waals surface area contributed by atoms with Crippen LogP contribution in [0.25, 0.3) is 0 Å². The smallest absolute Gasteiger partial charge is 0.255 e. The Morgan fingerprint density at radius 2 is 2.15 bits per heavy atom. The predicted molar refractivity (Wildman–Crippen MR) is 78.8 cm³/mol. The van der Waals surface area contributed by atoms with Crippen LogP contribution >= 0.6 is 11.6 Å². The maximum atomic E-state index is 12.6. The van der Waals surface area contributed by atoms with E-state index in [4.69, 9.17) is 17.3 Å². The van der Waals surface area contributed by atoms with E-state index in [-0.39, 0.29) is 5.91 Å². The molecular formula is C14H19ClN4O. The molecule has 2 unspecified atom stereocenters. The van der Waals surface area contributed by atoms with Crippen molar-refractivity contribution in [2.45, 2.75) is 31.3 Å². The van der Waals surface area contributed by atoms with Crippen LogP contribution in [0.2, 0.25) is 5.02 Å². The lowest BCUT2D eigenvalue weighted by Crippen LogP contribution is -2.39. The third kappa shape index (κ3) is 2.36. The third-order valence-electron chi connectivity index (χ3n) is 4.54. The van der Waals surface area contributed by atoms with Crippen molar-refractivity contribution in [3.63, 3.8) is 0 Å². The zero-order valence-corrected chi connectivity index (χ0v) is 12.3. The fourth-order valence-electron chi connectivity index (χ4n) is 3.28. The second-order valence-corrected chi connectivity index (χ2v) is 6.09. The largest absolute Gasteiger partial charge is 0.384 e. The number of aromatic nitrogens is 1. The highest BCUT2D eigenvalue weighted by Gasteiger charge is 2.36. The number of fused-ring (bicyclic) bond motifs is 2. The fourth-order valence-corrected chi connectivity index (χ4v) is 3.47. The second kappa shape index (κ2) is 5.22. The first-order chi connectivity index (χ1) is 9.56. The molecule has 6 heteroatoms. The van der Waals surface area contributed by atoms with E-state index >= 15 is 0 Å². The quantitative estimate of drug-likeness (QED) is 0.855. The maximum Gasteiger partial charge on any atom is 0.255 e. The van der Waals surface area contributed by atoms with Crippen LogP contribution in [0.4, 0.5) is 5.82 Å². The Hall–Kier alpha value is -1.33. The topological polar surface area (TPSA) is 62.5 Å². The summed E-state index contributed by atoms with van der Waals surface area (Å²) in [5.41, 5.74) is 6.12. The standard InChI is InChI=1S/C14H19ClN4O/c1-18-9-2-3-10(18)8-19(5-4-9)14(20)11-6-13(16)17-7-12(11)15/h6-7,9-10H,2-5,8H2,1H3,(H2,16,17). The first-order valence-corrected chi connectivity index (χ1v) is 7.36. The summed E-state index contributed by atoms with van der Waals surface area (Å²) in [7, 11) is 2.16. The third-order valence-corrected chi connectivity index (χ3v) is 4.84. The number of carbonyl (C=O) groups is 1. The van der Waals surface area contributed by atoms with Gasteiger partial charge in [-0.1, -0.05) is 11.6 Å². The number of hydrogen-bond donors (Lipinski definition) is 1. The van der Waals surface area contributed by atoms with E-state index in [0.717, 1.165) is 25.9 Å². The van der Waals surface area contributed by atoms with Gasteiger partial charge in [-0.2, -0.15) is 0 Å². The molecule has 0 aliphatic carbocycles. The number of pyridine rings is 1. The summed E-state index contributed by atoms with van der Waals surface area (Å²) in [5, 5.41) is 0.368. The van der Waals surface area contributed by atoms with E-state index in [2.05, 4.69) is 16.9 Å². The summed E-state index contributed by atoms with van der Waals surface area (Å²) in [6, 6.07) is 2.64. The molecule has 0 spiro atoms. The molecule has 2 N–H and O–H groups in total. The van der Waals surface area contributed by atoms with E-state index < -0.39 is 0 Å². The highest BCUT2D eigenvalue weighted by molar-refractivity contribution is 6.33. The van der Waals surface area contributed by atoms with E-state index in [1.807, 2.05) is 4.90 Å². The van der Waals surface area contributed by atoms with Gasteiger partial charge in [-0.3, -0.25) is 9.69 Å². The zero-order chi connectivity index (χ0) is 14.3. The van der Waals surface area contributed by atoms with Crippen LogP contribution < -0.4 is 5.73 Å². The molecule has 2 atom stereocenters. The Bertz CT molecular complexity index is 536. The average molecular weight is 295 g/mol. The molecule has 1 aromatic rings. The van der Waals surface area contributed by atoms with Crippen LogP contribution in [0.1, 0.15) is 29.6 Å². The van der Waals surface area contributed by atoms with Crippen molar-refractivity contribution in [2.24, 2.45) is 0 Å². The first kappa shape index (κ1) is 13.6. The molecule has 1 aromatic heterocycles. The summed E-state index contributed by atoms with van der Waals surface area (Å²) in [4.78, 5) is 20.9. The van der Waals surface area contributed by atoms with Gasteiger partial charge < -0.3 is 10.6 Å². The Balaban J connectivity index is 1.82. The van der Waals surface area contributed by atoms with Crippen molar-refractivity contribution in [2.75, 3.05) is 25.9 Å². The molecule has 2 fully saturated rings. The highest BCUT2D eigenvalue weighted by atomic mass is 35.5. The van der Waals surface area contributed by atoms with Crippen molar-refractivity contribution in [1.82, 2.24) is 14.8 Å². The number of amides is 1. The zero-order valence-electron chi connectivity index (χ0n) is 11.6. The van der Waals surface area contributed by atoms with Crippen molar-refractivity contribution < 1.29 is 4.79 Å². The summed E-state index contributed by atoms with van der Waals surface area (Å²) in [6.07, 6.45) is 4.88. The lowest BCUT2D eigenvalue weighted by atomic mass is 10.1. The number of nitrogen functional groups attached to an aromatic ring is 1. The number of likely N-dealkylation sites (N-methyl/N-ethyl adjacent to an activating group) is 1. The van der Waals surface area contributed by atoms with Crippen LogP contribution in [-0.4, -0.2) is 52.9 Å². The monoisotopic (exact) mass is 294 g/mol. The van der Waals surface area contributed by atoms with E-state index in [1.165, 1.54) is 12.6 Å². The number of carbonyl (C=O) groups excluding carboxylic acids is 1. The first-order valence-electron chi connectivity index (χ1n) is 6.98. The van der Waals surface area contributed by atoms with Crippen LogP contribution in [0.15, 0.2) is 12.3 Å². The molecule has 2 aliphatic rings. The van der Waals surface area contributed by atoms with Crippen LogP contribution in [0, 0.1) is 0 Å². The number of hydrogen-bond acceptors (Lipinski definition) is 4. The second-order valence-electron chi connectivity index (χ2n) is 5.68. The molecule has 2 aliphatic heterocycles. The average Bonchev–Trinajstić information content (AvgIpc) is 2.65. The number of anilines is 1. The lowest BCUT2D eigenvalue weighted by molar-refractivity contribution is 0.0740. The Labute approximate surface area is 123 Å². The Morgan fingerprint density at radius 3 is 2.95 bits per heavy atom. The molecule has 5 nitrogen and oxygen atoms in total. The van der Waals surface area contributed by atoms with Crippen LogP contribution in [-0.2, 0) is 0 Å². The molecule has 2 saturated heterocycles. The predicted octanol–water partition coefficient (Wildman–Crippen LogP) is 1.63. The van der Waals surface area contributed by atoms with Gasteiger partial charge in [0.15, 0.2) is 0 Å². The summed E-state index contributed by atoms with van der Waals surface area (Å²) in [5.74, 6) is 0.288. The fraction of sp³-hybridized carbons (Fsp3) is 0.571. The number of rotatable bonds is 1. The van der Waals surface area contributed by atoms with Gasteiger partial charge in [0.05, 0.1) is 10.6 Å². The molecule has 3 heterocycles. The molecule has 0 aromatic carbocycles. The minimum Gasteiger partial charge on any atom is -0.384 e. The minimum absolute atomic E-state index is 0.0370. The Morgan fingerprint density at radius 1 is 1.40 bits per heavy atom. The highest BCUT2D eigenvalue weighted by Crippen LogP contribution is 2.29. The van der Waals surface area contributed by atoms with Gasteiger partial charge in [-0.25, -0.2) is 4.98 Å². The number of nitrogens with two attached hydrogens (primary N) is 1. The summed E-state index contributed by atoms with van der Waals surface area (Å²) >= 11 is 6.08. The molecule has 20 heavy (non-hydrogen) atoms. The molecule has 3 rings (SSSR count). The number of nitrogens with zero attached hydrogens (tertiary/aromatic N) is 3. The maximum absolute atomic E-state index is 12.6. The molecule has 0 saturated carbocycles. The van der Waals surface area contributed by atoms with E-state index in [9.17, 15) is 4.79 Å². The summed E-state index contributed by atoms with van der Waals surface area (Å²) < 4.78 is 0. The molecule has 108 valence electrons. The van der Waals surface area contributed by atoms with Crippen molar-refractivity contribution in [3.8, 4) is 0 Å². The van der Waals surface area contributed by atoms with Gasteiger partial charge in [0.2, 0.25) is 0 Å². The number of halogens is 1. The number of likely N-dealkylation sites (tertiary alicyclic amines) is 1. The summed E-state index contributed by atoms with van der Waals surface area (Å²) in [6.45, 7) is 1.55. The minimum atomic E-state index is -0.0370. The van der Waals surface area contributed by atoms with Gasteiger partial charge in [-0.05, 0) is 32.4 Å². The normalized spacial score (nSPS) is 26.6. The van der Waals surface area contributed by atoms with E-state index in [1.54, 1.807) is 6.07 Å². The van der Waals surface area contributed by atoms with Crippen molar-refractivity contribution in [1.29, 1.82) is 0 Å². The van der Waals surface area contributed by atoms with Gasteiger partial charge in [0.1, 0.15) is 5.82 Å². The molecule has 0 radical (unpaired) electrons. The van der Waals surface area contributed by atoms with Gasteiger partial charge in [-0.15, -0.1) is 0 Å². The Kier molecular flexibility index (Phi) is 3.56. The molecule has 1 amide bonds. The molecular weight excluding hydrogens is 276 g/mol. The van der Waals surface area contributed by atoms with Crippen LogP contribution in [0.3, 0.4) is 0 Å².